The molecule has 5 rings (SSSR count). The molecule has 11 heteroatoms. The standard InChI is InChI=1S/C28H25ClFN7O2/c1-16-13-20(17(2)32-21-7-8-24(29)34-26(21)28(38)39)25-22(14-16)33-23(15-31)27(35-25)37-11-9-36(10-12-37)19-5-3-18(30)4-6-19/h3-8,13-14,17,32H,9-12H2,1-2H3,(H,38,39)/t17-/m1/s1. The van der Waals surface area contributed by atoms with E-state index in [0.717, 1.165) is 16.8 Å². The summed E-state index contributed by atoms with van der Waals surface area (Å²) in [5.74, 6) is -0.967. The maximum atomic E-state index is 13.3. The molecule has 0 spiro atoms. The Kier molecular flexibility index (Phi) is 7.17. The van der Waals surface area contributed by atoms with Crippen LogP contribution in [0.25, 0.3) is 11.0 Å². The van der Waals surface area contributed by atoms with Crippen molar-refractivity contribution in [1.29, 1.82) is 5.26 Å². The molecular weight excluding hydrogens is 521 g/mol. The van der Waals surface area contributed by atoms with Crippen LogP contribution in [0.1, 0.15) is 40.3 Å². The summed E-state index contributed by atoms with van der Waals surface area (Å²) in [5, 5.41) is 22.8. The van der Waals surface area contributed by atoms with Crippen LogP contribution >= 0.6 is 11.6 Å². The van der Waals surface area contributed by atoms with Gasteiger partial charge in [-0.2, -0.15) is 5.26 Å². The van der Waals surface area contributed by atoms with Crippen LogP contribution in [0, 0.1) is 24.1 Å². The predicted octanol–water partition coefficient (Wildman–Crippen LogP) is 5.20. The zero-order valence-corrected chi connectivity index (χ0v) is 22.1. The largest absolute Gasteiger partial charge is 0.476 e. The van der Waals surface area contributed by atoms with Gasteiger partial charge in [-0.3, -0.25) is 0 Å². The highest BCUT2D eigenvalue weighted by atomic mass is 35.5. The summed E-state index contributed by atoms with van der Waals surface area (Å²) < 4.78 is 13.3. The number of fused-ring (bicyclic) bond motifs is 1. The fourth-order valence-electron chi connectivity index (χ4n) is 4.80. The molecule has 0 radical (unpaired) electrons. The third-order valence-corrected chi connectivity index (χ3v) is 6.92. The van der Waals surface area contributed by atoms with Crippen molar-refractivity contribution in [2.75, 3.05) is 41.3 Å². The number of carboxylic acids is 1. The number of pyridine rings is 1. The summed E-state index contributed by atoms with van der Waals surface area (Å²) >= 11 is 5.91. The molecule has 2 aromatic carbocycles. The molecule has 2 N–H and O–H groups in total. The van der Waals surface area contributed by atoms with Gasteiger partial charge in [-0.15, -0.1) is 0 Å². The maximum Gasteiger partial charge on any atom is 0.356 e. The van der Waals surface area contributed by atoms with Crippen molar-refractivity contribution in [3.8, 4) is 6.07 Å². The Labute approximate surface area is 229 Å². The number of carboxylic acid groups (broad SMARTS) is 1. The first-order valence-corrected chi connectivity index (χ1v) is 12.8. The fourth-order valence-corrected chi connectivity index (χ4v) is 4.95. The van der Waals surface area contributed by atoms with Gasteiger partial charge in [0.2, 0.25) is 0 Å². The Hall–Kier alpha value is -4.49. The first-order valence-electron chi connectivity index (χ1n) is 12.4. The Morgan fingerprint density at radius 3 is 2.44 bits per heavy atom. The first kappa shape index (κ1) is 26.1. The molecule has 3 heterocycles. The van der Waals surface area contributed by atoms with Gasteiger partial charge in [-0.05, 0) is 61.9 Å². The van der Waals surface area contributed by atoms with Crippen LogP contribution in [0.3, 0.4) is 0 Å². The molecule has 1 atom stereocenters. The van der Waals surface area contributed by atoms with E-state index in [4.69, 9.17) is 16.6 Å². The Morgan fingerprint density at radius 1 is 1.08 bits per heavy atom. The lowest BCUT2D eigenvalue weighted by molar-refractivity contribution is 0.0691. The van der Waals surface area contributed by atoms with Gasteiger partial charge in [0.05, 0.1) is 22.8 Å². The lowest BCUT2D eigenvalue weighted by Gasteiger charge is -2.37. The van der Waals surface area contributed by atoms with E-state index >= 15 is 0 Å². The fraction of sp³-hybridized carbons (Fsp3) is 0.250. The second-order valence-corrected chi connectivity index (χ2v) is 9.77. The smallest absolute Gasteiger partial charge is 0.356 e. The molecule has 0 unspecified atom stereocenters. The van der Waals surface area contributed by atoms with Gasteiger partial charge in [0.1, 0.15) is 17.0 Å². The summed E-state index contributed by atoms with van der Waals surface area (Å²) in [5.41, 5.74) is 4.26. The highest BCUT2D eigenvalue weighted by molar-refractivity contribution is 6.29. The van der Waals surface area contributed by atoms with Crippen molar-refractivity contribution in [2.45, 2.75) is 19.9 Å². The minimum absolute atomic E-state index is 0.0886. The number of nitriles is 1. The van der Waals surface area contributed by atoms with E-state index in [1.807, 2.05) is 30.9 Å². The summed E-state index contributed by atoms with van der Waals surface area (Å²) in [6, 6.07) is 15.2. The molecule has 198 valence electrons. The van der Waals surface area contributed by atoms with Gasteiger partial charge >= 0.3 is 5.97 Å². The summed E-state index contributed by atoms with van der Waals surface area (Å²) in [4.78, 5) is 29.5. The Balaban J connectivity index is 1.47. The second-order valence-electron chi connectivity index (χ2n) is 9.38. The number of rotatable bonds is 6. The number of nitrogens with one attached hydrogen (secondary N) is 1. The van der Waals surface area contributed by atoms with Crippen molar-refractivity contribution < 1.29 is 14.3 Å². The molecule has 0 bridgehead atoms. The molecule has 0 amide bonds. The third-order valence-electron chi connectivity index (χ3n) is 6.70. The second kappa shape index (κ2) is 10.7. The summed E-state index contributed by atoms with van der Waals surface area (Å²) in [6.07, 6.45) is 0. The van der Waals surface area contributed by atoms with E-state index in [1.54, 1.807) is 18.2 Å². The van der Waals surface area contributed by atoms with Crippen LogP contribution in [-0.2, 0) is 0 Å². The van der Waals surface area contributed by atoms with Crippen molar-refractivity contribution in [1.82, 2.24) is 15.0 Å². The van der Waals surface area contributed by atoms with Crippen LogP contribution in [0.5, 0.6) is 0 Å². The van der Waals surface area contributed by atoms with Gasteiger partial charge in [0, 0.05) is 37.4 Å². The molecule has 2 aromatic heterocycles. The molecule has 0 aliphatic carbocycles. The third kappa shape index (κ3) is 5.40. The van der Waals surface area contributed by atoms with Crippen LogP contribution in [0.2, 0.25) is 5.15 Å². The minimum Gasteiger partial charge on any atom is -0.476 e. The molecule has 1 aliphatic rings. The molecule has 1 fully saturated rings. The van der Waals surface area contributed by atoms with Gasteiger partial charge in [-0.1, -0.05) is 17.7 Å². The average Bonchev–Trinajstić information content (AvgIpc) is 2.93. The zero-order valence-electron chi connectivity index (χ0n) is 21.3. The molecule has 1 aliphatic heterocycles. The minimum atomic E-state index is -1.19. The maximum absolute atomic E-state index is 13.3. The van der Waals surface area contributed by atoms with E-state index in [1.165, 1.54) is 18.2 Å². The highest BCUT2D eigenvalue weighted by Gasteiger charge is 2.24. The number of aromatic nitrogens is 3. The van der Waals surface area contributed by atoms with Crippen molar-refractivity contribution in [2.24, 2.45) is 0 Å². The number of halogens is 2. The number of anilines is 3. The first-order chi connectivity index (χ1) is 18.7. The molecule has 1 saturated heterocycles. The SMILES string of the molecule is Cc1cc([C@@H](C)Nc2ccc(Cl)nc2C(=O)O)c2nc(N3CCN(c4ccc(F)cc4)CC3)c(C#N)nc2c1. The summed E-state index contributed by atoms with van der Waals surface area (Å²) in [6.45, 7) is 6.40. The topological polar surface area (TPSA) is 118 Å². The van der Waals surface area contributed by atoms with E-state index in [0.29, 0.717) is 48.7 Å². The number of benzene rings is 2. The van der Waals surface area contributed by atoms with Crippen LogP contribution in [-0.4, -0.2) is 52.2 Å². The molecule has 39 heavy (non-hydrogen) atoms. The lowest BCUT2D eigenvalue weighted by atomic mass is 10.0. The monoisotopic (exact) mass is 545 g/mol. The van der Waals surface area contributed by atoms with Gasteiger partial charge in [0.15, 0.2) is 17.2 Å². The number of aryl methyl sites for hydroxylation is 1. The van der Waals surface area contributed by atoms with E-state index < -0.39 is 5.97 Å². The van der Waals surface area contributed by atoms with Crippen molar-refractivity contribution >= 4 is 45.8 Å². The molecular formula is C28H25ClFN7O2. The number of hydrogen-bond donors (Lipinski definition) is 2. The zero-order chi connectivity index (χ0) is 27.7. The molecule has 4 aromatic rings. The van der Waals surface area contributed by atoms with Gasteiger partial charge in [0.25, 0.3) is 0 Å². The summed E-state index contributed by atoms with van der Waals surface area (Å²) in [7, 11) is 0. The molecule has 9 nitrogen and oxygen atoms in total. The van der Waals surface area contributed by atoms with Crippen LogP contribution in [0.4, 0.5) is 21.6 Å². The normalized spacial score (nSPS) is 14.2. The van der Waals surface area contributed by atoms with E-state index in [-0.39, 0.29) is 28.4 Å². The van der Waals surface area contributed by atoms with Gasteiger partial charge in [-0.25, -0.2) is 24.1 Å². The van der Waals surface area contributed by atoms with Crippen molar-refractivity contribution in [3.63, 3.8) is 0 Å². The number of nitrogens with zero attached hydrogens (tertiary/aromatic N) is 6. The number of hydrogen-bond acceptors (Lipinski definition) is 8. The van der Waals surface area contributed by atoms with Crippen LogP contribution in [0.15, 0.2) is 48.5 Å². The number of carbonyl (C=O) groups is 1. The highest BCUT2D eigenvalue weighted by Crippen LogP contribution is 2.31. The van der Waals surface area contributed by atoms with E-state index in [9.17, 15) is 19.6 Å². The predicted molar refractivity (Wildman–Crippen MR) is 148 cm³/mol. The van der Waals surface area contributed by atoms with Gasteiger partial charge < -0.3 is 20.2 Å². The Morgan fingerprint density at radius 2 is 1.77 bits per heavy atom. The number of piperazine rings is 1. The lowest BCUT2D eigenvalue weighted by Crippen LogP contribution is -2.47. The van der Waals surface area contributed by atoms with Crippen molar-refractivity contribution in [3.05, 3.63) is 82.0 Å². The Bertz CT molecular complexity index is 1600. The van der Waals surface area contributed by atoms with E-state index in [2.05, 4.69) is 26.3 Å². The number of aromatic carboxylic acids is 1. The quantitative estimate of drug-likeness (QED) is 0.315. The van der Waals surface area contributed by atoms with Crippen LogP contribution < -0.4 is 15.1 Å². The molecule has 0 saturated carbocycles. The average molecular weight is 546 g/mol.